The molecule has 0 aliphatic rings. The van der Waals surface area contributed by atoms with Gasteiger partial charge in [-0.25, -0.2) is 0 Å². The molecule has 6 heavy (non-hydrogen) atoms. The highest BCUT2D eigenvalue weighted by molar-refractivity contribution is 8.59. The van der Waals surface area contributed by atoms with Crippen LogP contribution in [-0.4, -0.2) is 21.9 Å². The Morgan fingerprint density at radius 1 is 0.500 bits per heavy atom. The lowest BCUT2D eigenvalue weighted by Gasteiger charge is -1.11. The molecule has 4 nitrogen and oxygen atoms in total. The standard InChI is InChI=1S/4H2O.H2S2/c;;;;1-2/h4*1H2;1-2H. The lowest BCUT2D eigenvalue weighted by molar-refractivity contribution is 0.823. The highest BCUT2D eigenvalue weighted by Gasteiger charge is 0.885. The fraction of sp³-hybridized carbons (Fsp3) is 0. The maximum atomic E-state index is 3.22. The molecule has 0 fully saturated rings. The van der Waals surface area contributed by atoms with Gasteiger partial charge in [-0.3, -0.25) is 0 Å². The largest absolute Gasteiger partial charge is 0.412 e. The molecule has 0 saturated carbocycles. The minimum atomic E-state index is 0. The SMILES string of the molecule is O.O.O.O.SS. The third kappa shape index (κ3) is 195. The van der Waals surface area contributed by atoms with Crippen molar-refractivity contribution in [3.05, 3.63) is 0 Å². The number of thiol groups is 2. The molecular weight excluding hydrogens is 128 g/mol. The molecule has 6 heteroatoms. The van der Waals surface area contributed by atoms with Crippen LogP contribution in [0.1, 0.15) is 0 Å². The summed E-state index contributed by atoms with van der Waals surface area (Å²) in [6.45, 7) is 0. The van der Waals surface area contributed by atoms with E-state index in [1.807, 2.05) is 0 Å². The Morgan fingerprint density at radius 2 is 0.500 bits per heavy atom. The van der Waals surface area contributed by atoms with Gasteiger partial charge in [-0.15, -0.1) is 23.3 Å². The van der Waals surface area contributed by atoms with Crippen molar-refractivity contribution in [3.63, 3.8) is 0 Å². The van der Waals surface area contributed by atoms with Crippen LogP contribution in [0.4, 0.5) is 0 Å². The zero-order chi connectivity index (χ0) is 2.00. The lowest BCUT2D eigenvalue weighted by Crippen LogP contribution is -0.352. The van der Waals surface area contributed by atoms with Crippen LogP contribution >= 0.6 is 23.3 Å². The van der Waals surface area contributed by atoms with E-state index in [1.165, 1.54) is 0 Å². The van der Waals surface area contributed by atoms with Gasteiger partial charge >= 0.3 is 0 Å². The van der Waals surface area contributed by atoms with E-state index in [1.54, 1.807) is 0 Å². The zero-order valence-electron chi connectivity index (χ0n) is 2.89. The summed E-state index contributed by atoms with van der Waals surface area (Å²) in [4.78, 5) is 0. The van der Waals surface area contributed by atoms with Crippen LogP contribution in [0.15, 0.2) is 0 Å². The number of hydrogen-bond acceptors (Lipinski definition) is 2. The fourth-order valence-corrected chi connectivity index (χ4v) is 0. The fourth-order valence-electron chi connectivity index (χ4n) is 0. The van der Waals surface area contributed by atoms with E-state index >= 15 is 0 Å². The molecule has 0 radical (unpaired) electrons. The van der Waals surface area contributed by atoms with Gasteiger partial charge in [0.1, 0.15) is 0 Å². The van der Waals surface area contributed by atoms with Crippen molar-refractivity contribution in [3.8, 4) is 0 Å². The van der Waals surface area contributed by atoms with Crippen LogP contribution in [0, 0.1) is 0 Å². The summed E-state index contributed by atoms with van der Waals surface area (Å²) in [6.07, 6.45) is 0. The summed E-state index contributed by atoms with van der Waals surface area (Å²) in [5.74, 6) is 0. The molecule has 0 heterocycles. The van der Waals surface area contributed by atoms with Crippen LogP contribution in [-0.2, 0) is 0 Å². The Bertz CT molecular complexity index is 5.51. The first-order valence-electron chi connectivity index (χ1n) is 0.200. The highest BCUT2D eigenvalue weighted by Crippen LogP contribution is 1.65. The maximum Gasteiger partial charge on any atom is -0.115 e. The zero-order valence-corrected chi connectivity index (χ0v) is 4.68. The molecule has 0 bridgehead atoms. The quantitative estimate of drug-likeness (QED) is 0.270. The van der Waals surface area contributed by atoms with Crippen LogP contribution in [0.3, 0.4) is 0 Å². The summed E-state index contributed by atoms with van der Waals surface area (Å²) in [5.41, 5.74) is 0. The molecule has 0 aromatic rings. The van der Waals surface area contributed by atoms with E-state index < -0.39 is 0 Å². The summed E-state index contributed by atoms with van der Waals surface area (Å²) in [7, 11) is 0. The normalized spacial score (nSPS) is 1.00. The van der Waals surface area contributed by atoms with Crippen LogP contribution < -0.4 is 0 Å². The lowest BCUT2D eigenvalue weighted by atomic mass is 16.0. The van der Waals surface area contributed by atoms with Gasteiger partial charge in [-0.2, -0.15) is 0 Å². The van der Waals surface area contributed by atoms with E-state index in [0.717, 1.165) is 0 Å². The predicted octanol–water partition coefficient (Wildman–Crippen LogP) is -2.54. The minimum absolute atomic E-state index is 0. The van der Waals surface area contributed by atoms with Crippen LogP contribution in [0.2, 0.25) is 0 Å². The molecule has 0 aromatic carbocycles. The van der Waals surface area contributed by atoms with Gasteiger partial charge in [-0.1, -0.05) is 0 Å². The first kappa shape index (κ1) is 84.6. The third-order valence-electron chi connectivity index (χ3n) is 0. The van der Waals surface area contributed by atoms with E-state index in [4.69, 9.17) is 0 Å². The summed E-state index contributed by atoms with van der Waals surface area (Å²) in [6, 6.07) is 0. The van der Waals surface area contributed by atoms with Crippen molar-refractivity contribution < 1.29 is 21.9 Å². The van der Waals surface area contributed by atoms with Gasteiger partial charge in [0.2, 0.25) is 0 Å². The molecule has 0 rings (SSSR count). The molecule has 8 N–H and O–H groups in total. The smallest absolute Gasteiger partial charge is 0.115 e. The van der Waals surface area contributed by atoms with Crippen molar-refractivity contribution in [2.75, 3.05) is 0 Å². The predicted molar refractivity (Wildman–Crippen MR) is 32.4 cm³/mol. The van der Waals surface area contributed by atoms with E-state index in [-0.39, 0.29) is 21.9 Å². The van der Waals surface area contributed by atoms with Gasteiger partial charge in [0.15, 0.2) is 0 Å². The van der Waals surface area contributed by atoms with Crippen molar-refractivity contribution in [2.45, 2.75) is 0 Å². The molecular formula is H10O4S2. The minimum Gasteiger partial charge on any atom is -0.412 e. The van der Waals surface area contributed by atoms with E-state index in [9.17, 15) is 0 Å². The molecule has 0 atom stereocenters. The third-order valence-corrected chi connectivity index (χ3v) is 0. The van der Waals surface area contributed by atoms with Gasteiger partial charge in [-0.05, 0) is 0 Å². The Morgan fingerprint density at radius 3 is 0.500 bits per heavy atom. The topological polar surface area (TPSA) is 126 Å². The summed E-state index contributed by atoms with van der Waals surface area (Å²) in [5, 5.41) is 0. The molecule has 0 amide bonds. The second kappa shape index (κ2) is 392. The average molecular weight is 138 g/mol. The van der Waals surface area contributed by atoms with Crippen molar-refractivity contribution in [2.24, 2.45) is 0 Å². The molecule has 0 aliphatic carbocycles. The molecule has 0 saturated heterocycles. The van der Waals surface area contributed by atoms with Crippen molar-refractivity contribution >= 4 is 23.3 Å². The number of rotatable bonds is 0. The Kier molecular flexibility index (Phi) is 5520. The first-order valence-corrected chi connectivity index (χ1v) is 1.80. The van der Waals surface area contributed by atoms with Crippen LogP contribution in [0.25, 0.3) is 0 Å². The molecule has 0 spiro atoms. The molecule has 46 valence electrons. The monoisotopic (exact) mass is 138 g/mol. The van der Waals surface area contributed by atoms with E-state index in [0.29, 0.717) is 0 Å². The Labute approximate surface area is 46.0 Å². The van der Waals surface area contributed by atoms with Crippen molar-refractivity contribution in [1.29, 1.82) is 0 Å². The highest BCUT2D eigenvalue weighted by atomic mass is 33.1. The van der Waals surface area contributed by atoms with Gasteiger partial charge in [0.05, 0.1) is 0 Å². The second-order valence-corrected chi connectivity index (χ2v) is 0. The Balaban J connectivity index is -0.000000000833. The van der Waals surface area contributed by atoms with Gasteiger partial charge in [0.25, 0.3) is 0 Å². The molecule has 0 unspecified atom stereocenters. The summed E-state index contributed by atoms with van der Waals surface area (Å²) >= 11 is 6.44. The second-order valence-electron chi connectivity index (χ2n) is 0. The van der Waals surface area contributed by atoms with Gasteiger partial charge < -0.3 is 21.9 Å². The molecule has 0 aromatic heterocycles. The maximum absolute atomic E-state index is 3.22. The van der Waals surface area contributed by atoms with Crippen molar-refractivity contribution in [1.82, 2.24) is 0 Å². The van der Waals surface area contributed by atoms with E-state index in [2.05, 4.69) is 23.3 Å². The molecule has 0 aliphatic heterocycles. The van der Waals surface area contributed by atoms with Gasteiger partial charge in [0, 0.05) is 0 Å². The number of hydrogen-bond donors (Lipinski definition) is 2. The summed E-state index contributed by atoms with van der Waals surface area (Å²) < 4.78 is 0. The average Bonchev–Trinajstić information content (AvgIpc) is 1.00. The van der Waals surface area contributed by atoms with Crippen LogP contribution in [0.5, 0.6) is 0 Å². The first-order chi connectivity index (χ1) is 1.00. The Hall–Kier alpha value is 0.540.